The number of sulfonamides is 1. The van der Waals surface area contributed by atoms with Crippen molar-refractivity contribution in [3.05, 3.63) is 27.7 Å². The van der Waals surface area contributed by atoms with Crippen molar-refractivity contribution < 1.29 is 18.3 Å². The number of piperidine rings is 1. The number of benzene rings is 1. The molecule has 1 fully saturated rings. The van der Waals surface area contributed by atoms with Gasteiger partial charge in [0.25, 0.3) is 0 Å². The number of rotatable bonds is 4. The Balaban J connectivity index is 2.29. The molecular weight excluding hydrogens is 351 g/mol. The zero-order valence-electron chi connectivity index (χ0n) is 11.8. The van der Waals surface area contributed by atoms with Gasteiger partial charge in [-0.2, -0.15) is 0 Å². The number of carboxylic acid groups (broad SMARTS) is 1. The Morgan fingerprint density at radius 1 is 1.27 bits per heavy atom. The van der Waals surface area contributed by atoms with Gasteiger partial charge in [0.1, 0.15) is 4.90 Å². The molecule has 9 heteroatoms. The minimum Gasteiger partial charge on any atom is -0.478 e. The number of carbonyl (C=O) groups is 1. The van der Waals surface area contributed by atoms with Crippen LogP contribution in [-0.2, 0) is 10.0 Å². The molecule has 1 aromatic rings. The topological polar surface area (TPSA) is 86.7 Å². The summed E-state index contributed by atoms with van der Waals surface area (Å²) in [6.07, 6.45) is 1.37. The number of likely N-dealkylation sites (tertiary alicyclic amines) is 1. The molecule has 0 atom stereocenters. The van der Waals surface area contributed by atoms with E-state index >= 15 is 0 Å². The Bertz CT molecular complexity index is 686. The van der Waals surface area contributed by atoms with Gasteiger partial charge in [-0.25, -0.2) is 17.9 Å². The number of hydrogen-bond acceptors (Lipinski definition) is 4. The van der Waals surface area contributed by atoms with Gasteiger partial charge in [0.2, 0.25) is 10.0 Å². The van der Waals surface area contributed by atoms with Gasteiger partial charge < -0.3 is 10.0 Å². The molecule has 0 unspecified atom stereocenters. The number of carboxylic acids is 1. The Labute approximate surface area is 139 Å². The van der Waals surface area contributed by atoms with E-state index in [4.69, 9.17) is 28.3 Å². The van der Waals surface area contributed by atoms with E-state index in [0.29, 0.717) is 12.8 Å². The van der Waals surface area contributed by atoms with Crippen LogP contribution >= 0.6 is 23.2 Å². The normalized spacial score (nSPS) is 17.6. The number of nitrogens with one attached hydrogen (secondary N) is 1. The zero-order valence-corrected chi connectivity index (χ0v) is 14.2. The van der Waals surface area contributed by atoms with E-state index in [1.165, 1.54) is 0 Å². The maximum atomic E-state index is 12.4. The summed E-state index contributed by atoms with van der Waals surface area (Å²) in [6.45, 7) is 1.59. The summed E-state index contributed by atoms with van der Waals surface area (Å²) in [6, 6.07) is 1.93. The van der Waals surface area contributed by atoms with Crippen LogP contribution in [0.5, 0.6) is 0 Å². The molecule has 1 aliphatic rings. The number of hydrogen-bond donors (Lipinski definition) is 2. The first-order chi connectivity index (χ1) is 10.2. The number of halogens is 2. The van der Waals surface area contributed by atoms with E-state index in [0.717, 1.165) is 25.2 Å². The molecule has 0 radical (unpaired) electrons. The lowest BCUT2D eigenvalue weighted by atomic mass is 10.1. The largest absolute Gasteiger partial charge is 0.478 e. The summed E-state index contributed by atoms with van der Waals surface area (Å²) in [7, 11) is -1.93. The lowest BCUT2D eigenvalue weighted by molar-refractivity contribution is 0.0697. The third-order valence-corrected chi connectivity index (χ3v) is 5.88. The molecule has 6 nitrogen and oxygen atoms in total. The average molecular weight is 367 g/mol. The highest BCUT2D eigenvalue weighted by molar-refractivity contribution is 7.89. The monoisotopic (exact) mass is 366 g/mol. The molecule has 0 amide bonds. The Morgan fingerprint density at radius 2 is 1.86 bits per heavy atom. The van der Waals surface area contributed by atoms with Crippen molar-refractivity contribution in [2.24, 2.45) is 0 Å². The summed E-state index contributed by atoms with van der Waals surface area (Å²) in [5, 5.41) is 8.85. The molecule has 1 aromatic carbocycles. The fourth-order valence-electron chi connectivity index (χ4n) is 2.31. The number of aromatic carboxylic acids is 1. The second-order valence-corrected chi connectivity index (χ2v) is 7.76. The van der Waals surface area contributed by atoms with Crippen molar-refractivity contribution in [2.45, 2.75) is 23.8 Å². The molecule has 0 aliphatic carbocycles. The Kier molecular flexibility index (Phi) is 5.34. The van der Waals surface area contributed by atoms with Gasteiger partial charge in [-0.15, -0.1) is 0 Å². The van der Waals surface area contributed by atoms with E-state index in [2.05, 4.69) is 9.62 Å². The van der Waals surface area contributed by atoms with E-state index in [1.807, 2.05) is 7.05 Å². The summed E-state index contributed by atoms with van der Waals surface area (Å²) in [5.41, 5.74) is -0.296. The second-order valence-electron chi connectivity index (χ2n) is 5.27. The smallest absolute Gasteiger partial charge is 0.337 e. The van der Waals surface area contributed by atoms with Crippen LogP contribution in [0.2, 0.25) is 10.0 Å². The predicted molar refractivity (Wildman–Crippen MR) is 84.3 cm³/mol. The van der Waals surface area contributed by atoms with Crippen molar-refractivity contribution in [3.8, 4) is 0 Å². The van der Waals surface area contributed by atoms with Crippen molar-refractivity contribution in [1.29, 1.82) is 0 Å². The molecule has 122 valence electrons. The van der Waals surface area contributed by atoms with Crippen LogP contribution in [0.4, 0.5) is 0 Å². The molecule has 1 heterocycles. The highest BCUT2D eigenvalue weighted by Gasteiger charge is 2.27. The van der Waals surface area contributed by atoms with Crippen LogP contribution in [0.1, 0.15) is 23.2 Å². The van der Waals surface area contributed by atoms with Crippen LogP contribution < -0.4 is 4.72 Å². The zero-order chi connectivity index (χ0) is 16.5. The summed E-state index contributed by atoms with van der Waals surface area (Å²) in [5.74, 6) is -1.31. The summed E-state index contributed by atoms with van der Waals surface area (Å²) in [4.78, 5) is 12.9. The molecule has 2 rings (SSSR count). The average Bonchev–Trinajstić information content (AvgIpc) is 2.40. The second kappa shape index (κ2) is 6.72. The molecule has 0 spiro atoms. The van der Waals surface area contributed by atoms with Gasteiger partial charge in [-0.3, -0.25) is 0 Å². The lowest BCUT2D eigenvalue weighted by Gasteiger charge is -2.29. The van der Waals surface area contributed by atoms with E-state index in [-0.39, 0.29) is 26.5 Å². The standard InChI is InChI=1S/C13H16Cl2N2O4S/c1-17-4-2-8(3-5-17)16-22(20,21)12-6-9(13(18)19)10(14)7-11(12)15/h6-8,16H,2-5H2,1H3,(H,18,19). The van der Waals surface area contributed by atoms with Gasteiger partial charge in [0.15, 0.2) is 0 Å². The summed E-state index contributed by atoms with van der Waals surface area (Å²) < 4.78 is 27.5. The molecule has 22 heavy (non-hydrogen) atoms. The van der Waals surface area contributed by atoms with Gasteiger partial charge in [-0.05, 0) is 45.1 Å². The SMILES string of the molecule is CN1CCC(NS(=O)(=O)c2cc(C(=O)O)c(Cl)cc2Cl)CC1. The highest BCUT2D eigenvalue weighted by atomic mass is 35.5. The molecule has 0 bridgehead atoms. The Morgan fingerprint density at radius 3 is 2.41 bits per heavy atom. The minimum atomic E-state index is -3.90. The van der Waals surface area contributed by atoms with Crippen LogP contribution in [-0.4, -0.2) is 50.6 Å². The first kappa shape index (κ1) is 17.5. The van der Waals surface area contributed by atoms with Crippen molar-refractivity contribution in [3.63, 3.8) is 0 Å². The lowest BCUT2D eigenvalue weighted by Crippen LogP contribution is -2.43. The maximum absolute atomic E-state index is 12.4. The van der Waals surface area contributed by atoms with Crippen LogP contribution in [0.25, 0.3) is 0 Å². The van der Waals surface area contributed by atoms with Crippen LogP contribution in [0.3, 0.4) is 0 Å². The maximum Gasteiger partial charge on any atom is 0.337 e. The Hall–Kier alpha value is -0.860. The molecule has 0 aromatic heterocycles. The fourth-order valence-corrected chi connectivity index (χ4v) is 4.47. The number of nitrogens with zero attached hydrogens (tertiary/aromatic N) is 1. The molecule has 1 aliphatic heterocycles. The van der Waals surface area contributed by atoms with Crippen LogP contribution in [0, 0.1) is 0 Å². The first-order valence-corrected chi connectivity index (χ1v) is 8.88. The fraction of sp³-hybridized carbons (Fsp3) is 0.462. The van der Waals surface area contributed by atoms with E-state index in [1.54, 1.807) is 0 Å². The molecule has 2 N–H and O–H groups in total. The van der Waals surface area contributed by atoms with Crippen LogP contribution in [0.15, 0.2) is 17.0 Å². The van der Waals surface area contributed by atoms with Crippen molar-refractivity contribution in [2.75, 3.05) is 20.1 Å². The van der Waals surface area contributed by atoms with Gasteiger partial charge in [-0.1, -0.05) is 23.2 Å². The third-order valence-electron chi connectivity index (χ3n) is 3.58. The van der Waals surface area contributed by atoms with Gasteiger partial charge in [0.05, 0.1) is 15.6 Å². The quantitative estimate of drug-likeness (QED) is 0.851. The van der Waals surface area contributed by atoms with Crippen molar-refractivity contribution >= 4 is 39.2 Å². The molecule has 0 saturated carbocycles. The summed E-state index contributed by atoms with van der Waals surface area (Å²) >= 11 is 11.7. The third kappa shape index (κ3) is 3.91. The highest BCUT2D eigenvalue weighted by Crippen LogP contribution is 2.29. The van der Waals surface area contributed by atoms with Gasteiger partial charge in [0, 0.05) is 6.04 Å². The van der Waals surface area contributed by atoms with E-state index in [9.17, 15) is 13.2 Å². The van der Waals surface area contributed by atoms with Crippen molar-refractivity contribution in [1.82, 2.24) is 9.62 Å². The molecular formula is C13H16Cl2N2O4S. The van der Waals surface area contributed by atoms with E-state index < -0.39 is 16.0 Å². The first-order valence-electron chi connectivity index (χ1n) is 6.64. The van der Waals surface area contributed by atoms with Gasteiger partial charge >= 0.3 is 5.97 Å². The predicted octanol–water partition coefficient (Wildman–Crippen LogP) is 2.06. The molecule has 1 saturated heterocycles. The minimum absolute atomic E-state index is 0.101.